The largest absolute Gasteiger partial charge is 1.00 e. The first-order chi connectivity index (χ1) is 6.76. The molecule has 0 fully saturated rings. The summed E-state index contributed by atoms with van der Waals surface area (Å²) in [5.74, 6) is -0.231. The van der Waals surface area contributed by atoms with Crippen LogP contribution in [0, 0.1) is 0 Å². The van der Waals surface area contributed by atoms with Crippen LogP contribution >= 0.6 is 11.3 Å². The van der Waals surface area contributed by atoms with Gasteiger partial charge in [0, 0.05) is 13.0 Å². The fraction of sp³-hybridized carbons (Fsp3) is 0.556. The number of rotatable bonds is 5. The second kappa shape index (κ2) is 7.78. The molecule has 4 nitrogen and oxygen atoms in total. The van der Waals surface area contributed by atoms with E-state index in [1.165, 1.54) is 11.3 Å². The van der Waals surface area contributed by atoms with Gasteiger partial charge in [0.15, 0.2) is 6.20 Å². The monoisotopic (exact) mass is 295 g/mol. The van der Waals surface area contributed by atoms with Crippen LogP contribution in [-0.4, -0.2) is 24.3 Å². The van der Waals surface area contributed by atoms with E-state index >= 15 is 0 Å². The molecule has 0 bridgehead atoms. The van der Waals surface area contributed by atoms with E-state index in [2.05, 4.69) is 0 Å². The number of esters is 1. The number of aliphatic hydroxyl groups is 1. The number of nitrogens with zero attached hydrogens (tertiary/aromatic N) is 1. The van der Waals surface area contributed by atoms with Gasteiger partial charge in [0.2, 0.25) is 12.1 Å². The second-order valence-electron chi connectivity index (χ2n) is 2.77. The van der Waals surface area contributed by atoms with E-state index in [1.807, 2.05) is 11.7 Å². The van der Waals surface area contributed by atoms with Crippen LogP contribution in [-0.2, 0) is 22.5 Å². The maximum Gasteiger partial charge on any atom is 0.372 e. The summed E-state index contributed by atoms with van der Waals surface area (Å²) in [7, 11) is 0. The van der Waals surface area contributed by atoms with Gasteiger partial charge < -0.3 is 26.8 Å². The molecule has 0 aliphatic rings. The van der Waals surface area contributed by atoms with Gasteiger partial charge in [0.25, 0.3) is 0 Å². The molecule has 0 saturated heterocycles. The zero-order valence-electron chi connectivity index (χ0n) is 8.48. The lowest BCUT2D eigenvalue weighted by atomic mass is 10.4. The molecule has 1 aromatic rings. The standard InChI is InChI=1S/C9H14NO3S.BrH/c1-2-13-9(12)6-10-5-8(3-4-11)14-7-10;/h5,7,11H,2-4,6H2,1H3;1H/q+1;/p-1. The molecule has 0 aromatic carbocycles. The van der Waals surface area contributed by atoms with Crippen LogP contribution in [0.15, 0.2) is 11.7 Å². The van der Waals surface area contributed by atoms with Gasteiger partial charge in [-0.25, -0.2) is 4.79 Å². The Labute approximate surface area is 103 Å². The first-order valence-corrected chi connectivity index (χ1v) is 5.37. The van der Waals surface area contributed by atoms with Crippen molar-refractivity contribution in [3.63, 3.8) is 0 Å². The number of halogens is 1. The molecule has 1 aromatic heterocycles. The van der Waals surface area contributed by atoms with Crippen molar-refractivity contribution in [3.05, 3.63) is 16.6 Å². The number of aromatic nitrogens is 1. The molecular weight excluding hydrogens is 282 g/mol. The van der Waals surface area contributed by atoms with Crippen molar-refractivity contribution in [1.82, 2.24) is 0 Å². The molecule has 0 amide bonds. The van der Waals surface area contributed by atoms with Crippen molar-refractivity contribution in [2.24, 2.45) is 0 Å². The van der Waals surface area contributed by atoms with Crippen molar-refractivity contribution in [2.45, 2.75) is 19.9 Å². The Balaban J connectivity index is 0.00000196. The van der Waals surface area contributed by atoms with Crippen LogP contribution in [0.1, 0.15) is 11.8 Å². The Bertz CT molecular complexity index is 303. The quantitative estimate of drug-likeness (QED) is 0.470. The van der Waals surface area contributed by atoms with E-state index in [0.717, 1.165) is 4.88 Å². The van der Waals surface area contributed by atoms with Gasteiger partial charge in [-0.15, -0.1) is 0 Å². The molecule has 86 valence electrons. The Morgan fingerprint density at radius 2 is 2.40 bits per heavy atom. The molecule has 0 aliphatic heterocycles. The van der Waals surface area contributed by atoms with Gasteiger partial charge >= 0.3 is 5.97 Å². The van der Waals surface area contributed by atoms with Gasteiger partial charge in [0.05, 0.1) is 11.5 Å². The van der Waals surface area contributed by atoms with Crippen LogP contribution < -0.4 is 21.5 Å². The maximum atomic E-state index is 11.1. The minimum atomic E-state index is -0.231. The summed E-state index contributed by atoms with van der Waals surface area (Å²) in [4.78, 5) is 12.2. The number of thiazole rings is 1. The van der Waals surface area contributed by atoms with E-state index in [1.54, 1.807) is 11.5 Å². The summed E-state index contributed by atoms with van der Waals surface area (Å²) in [5.41, 5.74) is 1.85. The smallest absolute Gasteiger partial charge is 0.372 e. The minimum absolute atomic E-state index is 0. The second-order valence-corrected chi connectivity index (χ2v) is 3.74. The number of carbonyl (C=O) groups excluding carboxylic acids is 1. The molecule has 0 saturated carbocycles. The van der Waals surface area contributed by atoms with Crippen LogP contribution in [0.25, 0.3) is 0 Å². The van der Waals surface area contributed by atoms with Gasteiger partial charge in [-0.2, -0.15) is 4.57 Å². The summed E-state index contributed by atoms with van der Waals surface area (Å²) in [6, 6.07) is 0. The average molecular weight is 296 g/mol. The van der Waals surface area contributed by atoms with Crippen LogP contribution in [0.4, 0.5) is 0 Å². The van der Waals surface area contributed by atoms with Gasteiger partial charge in [-0.1, -0.05) is 11.3 Å². The highest BCUT2D eigenvalue weighted by atomic mass is 79.9. The van der Waals surface area contributed by atoms with Crippen molar-refractivity contribution < 1.29 is 36.2 Å². The van der Waals surface area contributed by atoms with E-state index in [9.17, 15) is 4.79 Å². The topological polar surface area (TPSA) is 50.4 Å². The Morgan fingerprint density at radius 1 is 1.67 bits per heavy atom. The third-order valence-electron chi connectivity index (χ3n) is 1.62. The fourth-order valence-corrected chi connectivity index (χ4v) is 1.87. The van der Waals surface area contributed by atoms with Gasteiger partial charge in [0.1, 0.15) is 0 Å². The summed E-state index contributed by atoms with van der Waals surface area (Å²) in [5, 5.41) is 8.70. The number of ether oxygens (including phenoxy) is 1. The summed E-state index contributed by atoms with van der Waals surface area (Å²) >= 11 is 1.53. The number of hydrogen-bond acceptors (Lipinski definition) is 4. The molecule has 0 unspecified atom stereocenters. The lowest BCUT2D eigenvalue weighted by Gasteiger charge is -1.95. The normalized spacial score (nSPS) is 9.47. The SMILES string of the molecule is CCOC(=O)C[n+]1csc(CCO)c1.[Br-]. The lowest BCUT2D eigenvalue weighted by Crippen LogP contribution is -3.00. The van der Waals surface area contributed by atoms with E-state index in [4.69, 9.17) is 9.84 Å². The van der Waals surface area contributed by atoms with E-state index in [-0.39, 0.29) is 36.1 Å². The van der Waals surface area contributed by atoms with Crippen LogP contribution in [0.2, 0.25) is 0 Å². The van der Waals surface area contributed by atoms with Crippen molar-refractivity contribution in [3.8, 4) is 0 Å². The fourth-order valence-electron chi connectivity index (χ4n) is 1.05. The predicted octanol–water partition coefficient (Wildman–Crippen LogP) is -2.86. The number of hydrogen-bond donors (Lipinski definition) is 1. The Hall–Kier alpha value is -0.460. The Kier molecular flexibility index (Phi) is 7.54. The van der Waals surface area contributed by atoms with Crippen molar-refractivity contribution in [2.75, 3.05) is 13.2 Å². The molecule has 0 aliphatic carbocycles. The van der Waals surface area contributed by atoms with E-state index in [0.29, 0.717) is 13.0 Å². The first kappa shape index (κ1) is 14.5. The number of aliphatic hydroxyl groups excluding tert-OH is 1. The van der Waals surface area contributed by atoms with Crippen LogP contribution in [0.3, 0.4) is 0 Å². The minimum Gasteiger partial charge on any atom is -1.00 e. The molecular formula is C9H14BrNO3S. The third kappa shape index (κ3) is 5.25. The maximum absolute atomic E-state index is 11.1. The molecule has 0 spiro atoms. The highest BCUT2D eigenvalue weighted by Crippen LogP contribution is 2.04. The summed E-state index contributed by atoms with van der Waals surface area (Å²) < 4.78 is 6.58. The first-order valence-electron chi connectivity index (χ1n) is 4.49. The third-order valence-corrected chi connectivity index (χ3v) is 2.61. The molecule has 1 rings (SSSR count). The van der Waals surface area contributed by atoms with Crippen molar-refractivity contribution >= 4 is 17.3 Å². The highest BCUT2D eigenvalue weighted by Gasteiger charge is 2.12. The highest BCUT2D eigenvalue weighted by molar-refractivity contribution is 7.09. The predicted molar refractivity (Wildman–Crippen MR) is 51.9 cm³/mol. The van der Waals surface area contributed by atoms with Gasteiger partial charge in [-0.3, -0.25) is 0 Å². The number of carbonyl (C=O) groups is 1. The van der Waals surface area contributed by atoms with Crippen molar-refractivity contribution in [1.29, 1.82) is 0 Å². The zero-order chi connectivity index (χ0) is 10.4. The molecule has 0 atom stereocenters. The molecule has 0 radical (unpaired) electrons. The molecule has 6 heteroatoms. The molecule has 1 heterocycles. The van der Waals surface area contributed by atoms with Crippen LogP contribution in [0.5, 0.6) is 0 Å². The summed E-state index contributed by atoms with van der Waals surface area (Å²) in [6.07, 6.45) is 2.50. The van der Waals surface area contributed by atoms with E-state index < -0.39 is 0 Å². The average Bonchev–Trinajstić information content (AvgIpc) is 2.53. The summed E-state index contributed by atoms with van der Waals surface area (Å²) in [6.45, 7) is 2.58. The zero-order valence-corrected chi connectivity index (χ0v) is 10.9. The lowest BCUT2D eigenvalue weighted by molar-refractivity contribution is -0.681. The Morgan fingerprint density at radius 3 is 3.00 bits per heavy atom. The molecule has 1 N–H and O–H groups in total. The van der Waals surface area contributed by atoms with Gasteiger partial charge in [-0.05, 0) is 6.92 Å². The molecule has 15 heavy (non-hydrogen) atoms.